The number of benzene rings is 1. The molecule has 18 heavy (non-hydrogen) atoms. The number of nitrogens with zero attached hydrogens (tertiary/aromatic N) is 1. The highest BCUT2D eigenvalue weighted by molar-refractivity contribution is 5.85. The van der Waals surface area contributed by atoms with Gasteiger partial charge in [-0.1, -0.05) is 29.8 Å². The van der Waals surface area contributed by atoms with Crippen molar-refractivity contribution in [3.05, 3.63) is 35.4 Å². The van der Waals surface area contributed by atoms with Crippen LogP contribution in [-0.2, 0) is 11.2 Å². The van der Waals surface area contributed by atoms with Gasteiger partial charge in [0.05, 0.1) is 5.54 Å². The Morgan fingerprint density at radius 1 is 1.39 bits per heavy atom. The SMILES string of the molecule is CNC(C)(C)C(=O)N(C)CCc1cccc(C)c1. The van der Waals surface area contributed by atoms with Crippen LogP contribution in [0.2, 0.25) is 0 Å². The van der Waals surface area contributed by atoms with Crippen molar-refractivity contribution in [3.63, 3.8) is 0 Å². The second-order valence-corrected chi connectivity index (χ2v) is 5.34. The smallest absolute Gasteiger partial charge is 0.242 e. The average Bonchev–Trinajstić information content (AvgIpc) is 2.35. The molecule has 0 unspecified atom stereocenters. The Kier molecular flexibility index (Phi) is 4.91. The van der Waals surface area contributed by atoms with Gasteiger partial charge < -0.3 is 10.2 Å². The molecule has 1 aromatic carbocycles. The summed E-state index contributed by atoms with van der Waals surface area (Å²) in [4.78, 5) is 13.9. The lowest BCUT2D eigenvalue weighted by Gasteiger charge is -2.29. The molecule has 0 spiro atoms. The lowest BCUT2D eigenvalue weighted by atomic mass is 10.0. The summed E-state index contributed by atoms with van der Waals surface area (Å²) < 4.78 is 0. The number of hydrogen-bond donors (Lipinski definition) is 1. The first-order valence-electron chi connectivity index (χ1n) is 6.37. The second kappa shape index (κ2) is 6.01. The van der Waals surface area contributed by atoms with E-state index in [4.69, 9.17) is 0 Å². The minimum absolute atomic E-state index is 0.123. The first-order chi connectivity index (χ1) is 8.36. The van der Waals surface area contributed by atoms with Gasteiger partial charge >= 0.3 is 0 Å². The number of amides is 1. The number of carbonyl (C=O) groups is 1. The van der Waals surface area contributed by atoms with Gasteiger partial charge in [0, 0.05) is 13.6 Å². The molecule has 0 aromatic heterocycles. The van der Waals surface area contributed by atoms with Gasteiger partial charge in [-0.05, 0) is 39.8 Å². The van der Waals surface area contributed by atoms with Crippen LogP contribution in [0.25, 0.3) is 0 Å². The van der Waals surface area contributed by atoms with Gasteiger partial charge in [-0.15, -0.1) is 0 Å². The first kappa shape index (κ1) is 14.7. The van der Waals surface area contributed by atoms with Gasteiger partial charge in [0.2, 0.25) is 5.91 Å². The normalized spacial score (nSPS) is 11.4. The van der Waals surface area contributed by atoms with E-state index in [-0.39, 0.29) is 5.91 Å². The zero-order chi connectivity index (χ0) is 13.8. The molecule has 0 saturated carbocycles. The zero-order valence-electron chi connectivity index (χ0n) is 12.1. The Hall–Kier alpha value is -1.35. The maximum atomic E-state index is 12.1. The van der Waals surface area contributed by atoms with Crippen LogP contribution in [0, 0.1) is 6.92 Å². The fraction of sp³-hybridized carbons (Fsp3) is 0.533. The van der Waals surface area contributed by atoms with Crippen molar-refractivity contribution < 1.29 is 4.79 Å². The van der Waals surface area contributed by atoms with Crippen LogP contribution in [0.5, 0.6) is 0 Å². The summed E-state index contributed by atoms with van der Waals surface area (Å²) >= 11 is 0. The maximum absolute atomic E-state index is 12.1. The molecule has 1 amide bonds. The number of hydrogen-bond acceptors (Lipinski definition) is 2. The van der Waals surface area contributed by atoms with Crippen LogP contribution in [0.15, 0.2) is 24.3 Å². The summed E-state index contributed by atoms with van der Waals surface area (Å²) in [7, 11) is 3.67. The Morgan fingerprint density at radius 2 is 2.06 bits per heavy atom. The van der Waals surface area contributed by atoms with Crippen molar-refractivity contribution in [2.75, 3.05) is 20.6 Å². The molecule has 1 aromatic rings. The number of carbonyl (C=O) groups excluding carboxylic acids is 1. The minimum Gasteiger partial charge on any atom is -0.344 e. The lowest BCUT2D eigenvalue weighted by molar-refractivity contribution is -0.135. The Morgan fingerprint density at radius 3 is 2.61 bits per heavy atom. The van der Waals surface area contributed by atoms with Crippen molar-refractivity contribution in [2.24, 2.45) is 0 Å². The van der Waals surface area contributed by atoms with Gasteiger partial charge in [0.1, 0.15) is 0 Å². The number of likely N-dealkylation sites (N-methyl/N-ethyl adjacent to an activating group) is 2. The highest BCUT2D eigenvalue weighted by Gasteiger charge is 2.27. The summed E-state index contributed by atoms with van der Waals surface area (Å²) in [6.45, 7) is 6.63. The third-order valence-electron chi connectivity index (χ3n) is 3.32. The fourth-order valence-electron chi connectivity index (χ4n) is 1.85. The van der Waals surface area contributed by atoms with Gasteiger partial charge in [-0.2, -0.15) is 0 Å². The van der Waals surface area contributed by atoms with Gasteiger partial charge in [-0.3, -0.25) is 4.79 Å². The molecule has 0 aliphatic rings. The standard InChI is InChI=1S/C15H24N2O/c1-12-7-6-8-13(11-12)9-10-17(5)14(18)15(2,3)16-4/h6-8,11,16H,9-10H2,1-5H3. The van der Waals surface area contributed by atoms with Crippen molar-refractivity contribution in [3.8, 4) is 0 Å². The molecule has 0 radical (unpaired) electrons. The molecule has 0 aliphatic carbocycles. The van der Waals surface area contributed by atoms with E-state index >= 15 is 0 Å². The van der Waals surface area contributed by atoms with Crippen LogP contribution in [0.3, 0.4) is 0 Å². The van der Waals surface area contributed by atoms with Gasteiger partial charge in [0.15, 0.2) is 0 Å². The first-order valence-corrected chi connectivity index (χ1v) is 6.37. The van der Waals surface area contributed by atoms with Crippen LogP contribution in [0.4, 0.5) is 0 Å². The van der Waals surface area contributed by atoms with Crippen molar-refractivity contribution in [2.45, 2.75) is 32.7 Å². The van der Waals surface area contributed by atoms with E-state index in [0.717, 1.165) is 13.0 Å². The Bertz CT molecular complexity index is 413. The van der Waals surface area contributed by atoms with E-state index in [1.165, 1.54) is 11.1 Å². The molecule has 3 heteroatoms. The molecule has 0 saturated heterocycles. The monoisotopic (exact) mass is 248 g/mol. The lowest BCUT2D eigenvalue weighted by Crippen LogP contribution is -2.52. The topological polar surface area (TPSA) is 32.3 Å². The highest BCUT2D eigenvalue weighted by Crippen LogP contribution is 2.09. The van der Waals surface area contributed by atoms with E-state index in [2.05, 4.69) is 36.5 Å². The van der Waals surface area contributed by atoms with E-state index < -0.39 is 5.54 Å². The molecule has 0 bridgehead atoms. The second-order valence-electron chi connectivity index (χ2n) is 5.34. The molecular weight excluding hydrogens is 224 g/mol. The summed E-state index contributed by atoms with van der Waals surface area (Å²) in [5, 5.41) is 3.04. The molecule has 0 atom stereocenters. The van der Waals surface area contributed by atoms with Crippen molar-refractivity contribution in [1.29, 1.82) is 0 Å². The quantitative estimate of drug-likeness (QED) is 0.864. The van der Waals surface area contributed by atoms with Crippen molar-refractivity contribution >= 4 is 5.91 Å². The van der Waals surface area contributed by atoms with E-state index in [0.29, 0.717) is 0 Å². The molecule has 0 fully saturated rings. The molecule has 1 rings (SSSR count). The number of aryl methyl sites for hydroxylation is 1. The predicted molar refractivity (Wildman–Crippen MR) is 75.7 cm³/mol. The summed E-state index contributed by atoms with van der Waals surface area (Å²) in [5.74, 6) is 0.123. The molecule has 100 valence electrons. The summed E-state index contributed by atoms with van der Waals surface area (Å²) in [6.07, 6.45) is 0.893. The van der Waals surface area contributed by atoms with E-state index in [1.54, 1.807) is 4.90 Å². The van der Waals surface area contributed by atoms with E-state index in [1.807, 2.05) is 27.9 Å². The molecule has 0 aliphatic heterocycles. The third-order valence-corrected chi connectivity index (χ3v) is 3.32. The number of rotatable bonds is 5. The highest BCUT2D eigenvalue weighted by atomic mass is 16.2. The van der Waals surface area contributed by atoms with Crippen LogP contribution >= 0.6 is 0 Å². The Labute approximate surface area is 110 Å². The number of nitrogens with one attached hydrogen (secondary N) is 1. The zero-order valence-corrected chi connectivity index (χ0v) is 12.1. The average molecular weight is 248 g/mol. The fourth-order valence-corrected chi connectivity index (χ4v) is 1.85. The molecule has 0 heterocycles. The maximum Gasteiger partial charge on any atom is 0.242 e. The van der Waals surface area contributed by atoms with Crippen LogP contribution < -0.4 is 5.32 Å². The predicted octanol–water partition coefficient (Wildman–Crippen LogP) is 1.99. The molecular formula is C15H24N2O. The summed E-state index contributed by atoms with van der Waals surface area (Å²) in [6, 6.07) is 8.42. The van der Waals surface area contributed by atoms with Crippen molar-refractivity contribution in [1.82, 2.24) is 10.2 Å². The molecule has 3 nitrogen and oxygen atoms in total. The minimum atomic E-state index is -0.499. The van der Waals surface area contributed by atoms with Gasteiger partial charge in [-0.25, -0.2) is 0 Å². The third kappa shape index (κ3) is 3.84. The molecule has 1 N–H and O–H groups in total. The Balaban J connectivity index is 2.56. The van der Waals surface area contributed by atoms with Crippen LogP contribution in [-0.4, -0.2) is 37.0 Å². The van der Waals surface area contributed by atoms with Crippen LogP contribution in [0.1, 0.15) is 25.0 Å². The van der Waals surface area contributed by atoms with Gasteiger partial charge in [0.25, 0.3) is 0 Å². The van der Waals surface area contributed by atoms with E-state index in [9.17, 15) is 4.79 Å². The summed E-state index contributed by atoms with van der Waals surface area (Å²) in [5.41, 5.74) is 2.04. The largest absolute Gasteiger partial charge is 0.344 e.